The first-order valence-electron chi connectivity index (χ1n) is 10.8. The van der Waals surface area contributed by atoms with E-state index in [1.807, 2.05) is 0 Å². The molecule has 0 saturated carbocycles. The zero-order valence-electron chi connectivity index (χ0n) is 21.4. The Morgan fingerprint density at radius 3 is 2.43 bits per heavy atom. The van der Waals surface area contributed by atoms with Crippen molar-refractivity contribution in [3.63, 3.8) is 0 Å². The number of hydrogen-bond donors (Lipinski definition) is 0. The van der Waals surface area contributed by atoms with Crippen molar-refractivity contribution in [3.8, 4) is 0 Å². The molecule has 0 aliphatic carbocycles. The lowest BCUT2D eigenvalue weighted by Gasteiger charge is -2.46. The molecule has 1 unspecified atom stereocenters. The van der Waals surface area contributed by atoms with Crippen LogP contribution in [0.2, 0.25) is 0 Å². The molecule has 0 aliphatic rings. The molecule has 0 aromatic heterocycles. The van der Waals surface area contributed by atoms with Gasteiger partial charge in [0.05, 0.1) is 6.85 Å². The van der Waals surface area contributed by atoms with Crippen LogP contribution in [0, 0.1) is 5.21 Å². The minimum atomic E-state index is -3.89. The minimum absolute atomic E-state index is 0.687. The summed E-state index contributed by atoms with van der Waals surface area (Å²) >= 11 is 0. The molecule has 0 bridgehead atoms. The van der Waals surface area contributed by atoms with Gasteiger partial charge in [0.15, 0.2) is 0 Å². The molecule has 0 radical (unpaired) electrons. The van der Waals surface area contributed by atoms with E-state index in [1.54, 1.807) is 0 Å². The maximum Gasteiger partial charge on any atom is 0.0626 e. The van der Waals surface area contributed by atoms with Crippen LogP contribution in [0.5, 0.6) is 0 Å². The highest BCUT2D eigenvalue weighted by molar-refractivity contribution is 5.18. The summed E-state index contributed by atoms with van der Waals surface area (Å²) in [7, 11) is 0. The van der Waals surface area contributed by atoms with Crippen LogP contribution in [-0.4, -0.2) is 10.6 Å². The topological polar surface area (TPSA) is 26.3 Å². The van der Waals surface area contributed by atoms with Gasteiger partial charge in [-0.2, -0.15) is 0 Å². The van der Waals surface area contributed by atoms with Crippen LogP contribution in [0.15, 0.2) is 30.2 Å². The zero-order chi connectivity index (χ0) is 22.6. The van der Waals surface area contributed by atoms with Gasteiger partial charge in [-0.25, -0.2) is 0 Å². The Morgan fingerprint density at radius 2 is 1.93 bits per heavy atom. The van der Waals surface area contributed by atoms with Crippen LogP contribution < -0.4 is 0 Å². The molecule has 2 nitrogen and oxygen atoms in total. The van der Waals surface area contributed by atoms with Gasteiger partial charge in [-0.3, -0.25) is 0 Å². The molecule has 78 valence electrons. The Labute approximate surface area is 106 Å². The van der Waals surface area contributed by atoms with E-state index in [0.29, 0.717) is 0 Å². The highest BCUT2D eigenvalue weighted by Crippen LogP contribution is 2.25. The van der Waals surface area contributed by atoms with Crippen molar-refractivity contribution in [2.75, 3.05) is 0 Å². The Balaban J connectivity index is 3.89. The Hall–Kier alpha value is -0.860. The number of nitrogens with zero attached hydrogens (tertiary/aromatic N) is 1. The first kappa shape index (κ1) is 2.63. The van der Waals surface area contributed by atoms with E-state index in [4.69, 9.17) is 19.2 Å². The van der Waals surface area contributed by atoms with Crippen molar-refractivity contribution in [2.24, 2.45) is 0 Å². The van der Waals surface area contributed by atoms with Crippen molar-refractivity contribution in [1.82, 2.24) is 5.06 Å². The summed E-state index contributed by atoms with van der Waals surface area (Å²) in [5.41, 5.74) is -4.60. The molecule has 1 atom stereocenters. The molecule has 0 aliphatic heterocycles. The van der Waals surface area contributed by atoms with Gasteiger partial charge in [0, 0.05) is 23.9 Å². The van der Waals surface area contributed by atoms with Crippen LogP contribution in [-0.2, 0) is 0 Å². The normalized spacial score (nSPS) is 31.6. The predicted octanol–water partition coefficient (Wildman–Crippen LogP) is 3.35. The van der Waals surface area contributed by atoms with Gasteiger partial charge >= 0.3 is 0 Å². The number of benzene rings is 1. The van der Waals surface area contributed by atoms with Crippen molar-refractivity contribution in [3.05, 3.63) is 41.0 Å². The lowest BCUT2D eigenvalue weighted by Crippen LogP contribution is -2.38. The SMILES string of the molecule is [2H]c1c([2H])c([2H])c(C(C)N([O-])C(C([2H])([2H])[2H])(C([2H])([2H])[2H])C([2H])([2H])[2H])c([2H])c1[2H]. The van der Waals surface area contributed by atoms with Gasteiger partial charge in [0.25, 0.3) is 0 Å². The standard InChI is InChI=1S/C12H18NO/c1-10(13(14)12(2,3)4)11-8-6-5-7-9-11/h5-10H,1-4H3/q-1/i2D3,3D3,4D3,5D,6D,7D,8D,9D. The van der Waals surface area contributed by atoms with Crippen molar-refractivity contribution in [1.29, 1.82) is 0 Å². The number of rotatable bonds is 2. The lowest BCUT2D eigenvalue weighted by molar-refractivity contribution is 0.156. The Morgan fingerprint density at radius 1 is 1.36 bits per heavy atom. The third kappa shape index (κ3) is 2.56. The summed E-state index contributed by atoms with van der Waals surface area (Å²) in [6, 6.07) is -6.17. The summed E-state index contributed by atoms with van der Waals surface area (Å²) in [6.45, 7) is -10.6. The fourth-order valence-corrected chi connectivity index (χ4v) is 0.876. The van der Waals surface area contributed by atoms with E-state index in [0.717, 1.165) is 6.92 Å². The van der Waals surface area contributed by atoms with Gasteiger partial charge in [-0.15, -0.1) is 0 Å². The van der Waals surface area contributed by atoms with Crippen molar-refractivity contribution < 1.29 is 19.2 Å². The molecule has 1 rings (SSSR count). The molecule has 1 aromatic rings. The second-order valence-corrected chi connectivity index (χ2v) is 2.75. The molecular formula is C12H18NO-. The largest absolute Gasteiger partial charge is 0.784 e. The lowest BCUT2D eigenvalue weighted by atomic mass is 10.0. The van der Waals surface area contributed by atoms with Gasteiger partial charge in [-0.05, 0) is 33.0 Å². The second kappa shape index (κ2) is 4.11. The molecule has 0 N–H and O–H groups in total. The van der Waals surface area contributed by atoms with Crippen molar-refractivity contribution in [2.45, 2.75) is 39.1 Å². The molecular weight excluding hydrogens is 174 g/mol. The van der Waals surface area contributed by atoms with Crippen molar-refractivity contribution >= 4 is 0 Å². The molecule has 14 heavy (non-hydrogen) atoms. The van der Waals surface area contributed by atoms with Gasteiger partial charge < -0.3 is 10.3 Å². The first-order chi connectivity index (χ1) is 12.2. The molecule has 0 amide bonds. The van der Waals surface area contributed by atoms with E-state index < -0.39 is 73.0 Å². The summed E-state index contributed by atoms with van der Waals surface area (Å²) in [6.07, 6.45) is 0. The average molecular weight is 206 g/mol. The zero-order valence-corrected chi connectivity index (χ0v) is 7.43. The Bertz CT molecular complexity index is 684. The fraction of sp³-hybridized carbons (Fsp3) is 0.500. The van der Waals surface area contributed by atoms with E-state index in [-0.39, 0.29) is 0 Å². The molecule has 0 fully saturated rings. The smallest absolute Gasteiger partial charge is 0.0626 e. The second-order valence-electron chi connectivity index (χ2n) is 2.75. The van der Waals surface area contributed by atoms with E-state index in [1.165, 1.54) is 0 Å². The van der Waals surface area contributed by atoms with E-state index in [9.17, 15) is 5.21 Å². The predicted molar refractivity (Wildman–Crippen MR) is 59.8 cm³/mol. The molecule has 0 saturated heterocycles. The van der Waals surface area contributed by atoms with Crippen LogP contribution in [0.4, 0.5) is 0 Å². The van der Waals surface area contributed by atoms with Gasteiger partial charge in [0.1, 0.15) is 0 Å². The molecule has 0 spiro atoms. The van der Waals surface area contributed by atoms with E-state index in [2.05, 4.69) is 0 Å². The monoisotopic (exact) mass is 206 g/mol. The third-order valence-corrected chi connectivity index (χ3v) is 1.62. The van der Waals surface area contributed by atoms with Crippen LogP contribution >= 0.6 is 0 Å². The maximum absolute atomic E-state index is 13.0. The number of hydroxylamine groups is 2. The third-order valence-electron chi connectivity index (χ3n) is 1.62. The number of hydrogen-bond acceptors (Lipinski definition) is 2. The average Bonchev–Trinajstić information content (AvgIpc) is 2.47. The minimum Gasteiger partial charge on any atom is -0.784 e. The highest BCUT2D eigenvalue weighted by atomic mass is 16.5. The van der Waals surface area contributed by atoms with E-state index >= 15 is 0 Å². The molecule has 0 heterocycles. The van der Waals surface area contributed by atoms with Crippen LogP contribution in [0.3, 0.4) is 0 Å². The summed E-state index contributed by atoms with van der Waals surface area (Å²) in [5, 5.41) is 12.3. The maximum atomic E-state index is 13.0. The Kier molecular flexibility index (Phi) is 0.772. The van der Waals surface area contributed by atoms with Gasteiger partial charge in [0.2, 0.25) is 0 Å². The summed E-state index contributed by atoms with van der Waals surface area (Å²) in [4.78, 5) is 0. The van der Waals surface area contributed by atoms with Crippen LogP contribution in [0.1, 0.15) is 58.3 Å². The summed E-state index contributed by atoms with van der Waals surface area (Å²) in [5.74, 6) is 0. The summed E-state index contributed by atoms with van der Waals surface area (Å²) < 4.78 is 106. The first-order valence-corrected chi connectivity index (χ1v) is 3.78. The highest BCUT2D eigenvalue weighted by Gasteiger charge is 2.18. The fourth-order valence-electron chi connectivity index (χ4n) is 0.876. The van der Waals surface area contributed by atoms with Crippen LogP contribution in [0.25, 0.3) is 0 Å². The molecule has 2 heteroatoms. The van der Waals surface area contributed by atoms with Gasteiger partial charge in [-0.1, -0.05) is 30.2 Å². The quantitative estimate of drug-likeness (QED) is 0.694. The molecule has 1 aromatic carbocycles.